The highest BCUT2D eigenvalue weighted by atomic mass is 16.5. The fourth-order valence-electron chi connectivity index (χ4n) is 1.63. The Balaban J connectivity index is 1.90. The van der Waals surface area contributed by atoms with Crippen molar-refractivity contribution >= 4 is 0 Å². The van der Waals surface area contributed by atoms with Gasteiger partial charge in [0.2, 0.25) is 0 Å². The molecule has 0 spiro atoms. The number of hydrogen-bond donors (Lipinski definition) is 2. The number of furan rings is 1. The Morgan fingerprint density at radius 2 is 2.27 bits per heavy atom. The molecule has 1 aliphatic rings. The maximum Gasteiger partial charge on any atom is 0.123 e. The first-order valence-electron chi connectivity index (χ1n) is 5.22. The van der Waals surface area contributed by atoms with E-state index in [0.717, 1.165) is 32.1 Å². The van der Waals surface area contributed by atoms with Crippen LogP contribution in [0.2, 0.25) is 0 Å². The van der Waals surface area contributed by atoms with Gasteiger partial charge in [-0.05, 0) is 12.1 Å². The first-order chi connectivity index (χ1) is 7.40. The lowest BCUT2D eigenvalue weighted by molar-refractivity contribution is 0.00232. The van der Waals surface area contributed by atoms with Crippen molar-refractivity contribution in [3.8, 4) is 0 Å². The van der Waals surface area contributed by atoms with E-state index in [9.17, 15) is 0 Å². The van der Waals surface area contributed by atoms with Gasteiger partial charge in [0.25, 0.3) is 0 Å². The van der Waals surface area contributed by atoms with Crippen molar-refractivity contribution in [2.45, 2.75) is 6.04 Å². The van der Waals surface area contributed by atoms with E-state index < -0.39 is 0 Å². The van der Waals surface area contributed by atoms with Gasteiger partial charge in [0.05, 0.1) is 25.5 Å². The van der Waals surface area contributed by atoms with Gasteiger partial charge in [-0.25, -0.2) is 10.4 Å². The van der Waals surface area contributed by atoms with Crippen LogP contribution in [0.4, 0.5) is 0 Å². The van der Waals surface area contributed by atoms with Gasteiger partial charge in [0, 0.05) is 19.6 Å². The Kier molecular flexibility index (Phi) is 3.74. The molecule has 2 rings (SSSR count). The van der Waals surface area contributed by atoms with E-state index in [2.05, 4.69) is 10.4 Å². The summed E-state index contributed by atoms with van der Waals surface area (Å²) in [5, 5.41) is 2.13. The summed E-state index contributed by atoms with van der Waals surface area (Å²) in [6, 6.07) is 3.86. The van der Waals surface area contributed by atoms with Crippen molar-refractivity contribution in [1.82, 2.24) is 10.4 Å². The lowest BCUT2D eigenvalue weighted by Gasteiger charge is -2.30. The van der Waals surface area contributed by atoms with Crippen molar-refractivity contribution in [2.75, 3.05) is 32.8 Å². The number of nitrogens with zero attached hydrogens (tertiary/aromatic N) is 1. The van der Waals surface area contributed by atoms with Crippen LogP contribution in [0.3, 0.4) is 0 Å². The molecule has 84 valence electrons. The number of hydrazine groups is 1. The molecule has 1 unspecified atom stereocenters. The smallest absolute Gasteiger partial charge is 0.123 e. The Morgan fingerprint density at radius 3 is 2.87 bits per heavy atom. The number of morpholine rings is 1. The normalized spacial score (nSPS) is 20.3. The minimum Gasteiger partial charge on any atom is -0.468 e. The molecule has 2 heterocycles. The number of hydrogen-bond acceptors (Lipinski definition) is 5. The molecule has 5 nitrogen and oxygen atoms in total. The lowest BCUT2D eigenvalue weighted by Crippen LogP contribution is -2.48. The van der Waals surface area contributed by atoms with Crippen LogP contribution >= 0.6 is 0 Å². The maximum atomic E-state index is 5.70. The van der Waals surface area contributed by atoms with E-state index in [-0.39, 0.29) is 6.04 Å². The van der Waals surface area contributed by atoms with Gasteiger partial charge in [0.15, 0.2) is 0 Å². The summed E-state index contributed by atoms with van der Waals surface area (Å²) < 4.78 is 10.6. The average Bonchev–Trinajstić information content (AvgIpc) is 2.81. The molecule has 5 heteroatoms. The molecular formula is C10H17N3O2. The standard InChI is InChI=1S/C10H17N3O2/c11-8-9(10-2-1-5-15-10)12-13-3-6-14-7-4-13/h1-2,5,9,12H,3-4,6-8,11H2. The predicted molar refractivity (Wildman–Crippen MR) is 56.0 cm³/mol. The van der Waals surface area contributed by atoms with Crippen LogP contribution in [-0.4, -0.2) is 37.9 Å². The second-order valence-corrected chi connectivity index (χ2v) is 3.53. The van der Waals surface area contributed by atoms with Gasteiger partial charge in [-0.2, -0.15) is 0 Å². The van der Waals surface area contributed by atoms with E-state index in [4.69, 9.17) is 14.9 Å². The van der Waals surface area contributed by atoms with Crippen LogP contribution < -0.4 is 11.2 Å². The molecule has 3 N–H and O–H groups in total. The molecule has 1 saturated heterocycles. The quantitative estimate of drug-likeness (QED) is 0.740. The van der Waals surface area contributed by atoms with Crippen molar-refractivity contribution in [1.29, 1.82) is 0 Å². The van der Waals surface area contributed by atoms with E-state index in [0.29, 0.717) is 6.54 Å². The fourth-order valence-corrected chi connectivity index (χ4v) is 1.63. The molecule has 1 aromatic rings. The molecule has 0 radical (unpaired) electrons. The van der Waals surface area contributed by atoms with Crippen LogP contribution in [0.15, 0.2) is 22.8 Å². The Hall–Kier alpha value is -0.880. The van der Waals surface area contributed by atoms with Crippen LogP contribution in [-0.2, 0) is 4.74 Å². The number of ether oxygens (including phenoxy) is 1. The highest BCUT2D eigenvalue weighted by Gasteiger charge is 2.17. The molecule has 0 aliphatic carbocycles. The average molecular weight is 211 g/mol. The molecule has 1 atom stereocenters. The Labute approximate surface area is 89.1 Å². The van der Waals surface area contributed by atoms with E-state index in [1.54, 1.807) is 6.26 Å². The third-order valence-electron chi connectivity index (χ3n) is 2.47. The third kappa shape index (κ3) is 2.79. The zero-order valence-electron chi connectivity index (χ0n) is 8.69. The number of nitrogens with one attached hydrogen (secondary N) is 1. The molecular weight excluding hydrogens is 194 g/mol. The summed E-state index contributed by atoms with van der Waals surface area (Å²) in [5.74, 6) is 0.879. The summed E-state index contributed by atoms with van der Waals surface area (Å²) in [4.78, 5) is 0. The summed E-state index contributed by atoms with van der Waals surface area (Å²) in [7, 11) is 0. The molecule has 0 saturated carbocycles. The SMILES string of the molecule is NCC(NN1CCOCC1)c1ccco1. The van der Waals surface area contributed by atoms with Crippen molar-refractivity contribution in [3.05, 3.63) is 24.2 Å². The predicted octanol–water partition coefficient (Wildman–Crippen LogP) is 0.116. The zero-order valence-corrected chi connectivity index (χ0v) is 8.69. The molecule has 1 aromatic heterocycles. The zero-order chi connectivity index (χ0) is 10.5. The highest BCUT2D eigenvalue weighted by molar-refractivity contribution is 5.04. The van der Waals surface area contributed by atoms with Crippen LogP contribution in [0.5, 0.6) is 0 Å². The van der Waals surface area contributed by atoms with Gasteiger partial charge < -0.3 is 14.9 Å². The van der Waals surface area contributed by atoms with Gasteiger partial charge >= 0.3 is 0 Å². The monoisotopic (exact) mass is 211 g/mol. The van der Waals surface area contributed by atoms with Crippen LogP contribution in [0.1, 0.15) is 11.8 Å². The Morgan fingerprint density at radius 1 is 1.47 bits per heavy atom. The van der Waals surface area contributed by atoms with Gasteiger partial charge in [0.1, 0.15) is 5.76 Å². The third-order valence-corrected chi connectivity index (χ3v) is 2.47. The summed E-state index contributed by atoms with van der Waals surface area (Å²) >= 11 is 0. The molecule has 0 bridgehead atoms. The van der Waals surface area contributed by atoms with Crippen LogP contribution in [0.25, 0.3) is 0 Å². The molecule has 0 aromatic carbocycles. The summed E-state index contributed by atoms with van der Waals surface area (Å²) in [6.45, 7) is 3.82. The minimum absolute atomic E-state index is 0.0538. The van der Waals surface area contributed by atoms with E-state index in [1.165, 1.54) is 0 Å². The fraction of sp³-hybridized carbons (Fsp3) is 0.600. The summed E-state index contributed by atoms with van der Waals surface area (Å²) in [5.41, 5.74) is 9.04. The van der Waals surface area contributed by atoms with E-state index in [1.807, 2.05) is 12.1 Å². The maximum absolute atomic E-state index is 5.70. The molecule has 15 heavy (non-hydrogen) atoms. The first kappa shape index (κ1) is 10.6. The summed E-state index contributed by atoms with van der Waals surface area (Å²) in [6.07, 6.45) is 1.67. The molecule has 1 aliphatic heterocycles. The number of rotatable bonds is 4. The van der Waals surface area contributed by atoms with Gasteiger partial charge in [-0.3, -0.25) is 0 Å². The second kappa shape index (κ2) is 5.27. The van der Waals surface area contributed by atoms with Crippen molar-refractivity contribution in [3.63, 3.8) is 0 Å². The van der Waals surface area contributed by atoms with Gasteiger partial charge in [-0.15, -0.1) is 0 Å². The lowest BCUT2D eigenvalue weighted by atomic mass is 10.2. The minimum atomic E-state index is 0.0538. The topological polar surface area (TPSA) is 63.7 Å². The van der Waals surface area contributed by atoms with Crippen LogP contribution in [0, 0.1) is 0 Å². The first-order valence-corrected chi connectivity index (χ1v) is 5.22. The Bertz CT molecular complexity index is 270. The molecule has 1 fully saturated rings. The highest BCUT2D eigenvalue weighted by Crippen LogP contribution is 2.12. The second-order valence-electron chi connectivity index (χ2n) is 3.53. The molecule has 0 amide bonds. The number of nitrogens with two attached hydrogens (primary N) is 1. The van der Waals surface area contributed by atoms with Gasteiger partial charge in [-0.1, -0.05) is 0 Å². The largest absolute Gasteiger partial charge is 0.468 e. The van der Waals surface area contributed by atoms with E-state index >= 15 is 0 Å². The van der Waals surface area contributed by atoms with Crippen molar-refractivity contribution in [2.24, 2.45) is 5.73 Å². The van der Waals surface area contributed by atoms with Crippen molar-refractivity contribution < 1.29 is 9.15 Å².